The average molecular weight is 340 g/mol. The molecule has 0 aliphatic carbocycles. The first-order valence-corrected chi connectivity index (χ1v) is 8.44. The molecule has 20 heavy (non-hydrogen) atoms. The van der Waals surface area contributed by atoms with Gasteiger partial charge in [-0.3, -0.25) is 0 Å². The number of nitrogens with one attached hydrogen (secondary N) is 1. The number of anilines is 1. The second-order valence-electron chi connectivity index (χ2n) is 4.86. The Morgan fingerprint density at radius 3 is 2.80 bits per heavy atom. The summed E-state index contributed by atoms with van der Waals surface area (Å²) in [5.74, 6) is 0.842. The van der Waals surface area contributed by atoms with Crippen molar-refractivity contribution in [3.8, 4) is 0 Å². The molecule has 0 spiro atoms. The maximum atomic E-state index is 4.45. The third-order valence-corrected chi connectivity index (χ3v) is 3.79. The van der Waals surface area contributed by atoms with E-state index in [4.69, 9.17) is 0 Å². The van der Waals surface area contributed by atoms with Crippen LogP contribution in [0.25, 0.3) is 11.2 Å². The van der Waals surface area contributed by atoms with Crippen LogP contribution in [0.5, 0.6) is 0 Å². The zero-order chi connectivity index (χ0) is 14.2. The summed E-state index contributed by atoms with van der Waals surface area (Å²) in [6, 6.07) is 0. The van der Waals surface area contributed by atoms with E-state index in [1.807, 2.05) is 6.33 Å². The first kappa shape index (κ1) is 15.2. The number of hydrogen-bond acceptors (Lipinski definition) is 4. The monoisotopic (exact) mass is 339 g/mol. The highest BCUT2D eigenvalue weighted by molar-refractivity contribution is 9.09. The SMILES string of the molecule is CCCNc1ncnc2c1ncn2CCCCCCBr. The van der Waals surface area contributed by atoms with E-state index in [1.54, 1.807) is 6.33 Å². The van der Waals surface area contributed by atoms with E-state index >= 15 is 0 Å². The minimum Gasteiger partial charge on any atom is -0.368 e. The Bertz CT molecular complexity index is 525. The molecule has 2 rings (SSSR count). The summed E-state index contributed by atoms with van der Waals surface area (Å²) in [6.45, 7) is 4.02. The second-order valence-corrected chi connectivity index (χ2v) is 5.66. The number of nitrogens with zero attached hydrogens (tertiary/aromatic N) is 4. The molecule has 2 aromatic heterocycles. The Balaban J connectivity index is 2.00. The minimum atomic E-state index is 0.842. The average Bonchev–Trinajstić information content (AvgIpc) is 2.89. The summed E-state index contributed by atoms with van der Waals surface area (Å²) >= 11 is 3.46. The van der Waals surface area contributed by atoms with Crippen molar-refractivity contribution in [3.05, 3.63) is 12.7 Å². The largest absolute Gasteiger partial charge is 0.368 e. The Morgan fingerprint density at radius 2 is 2.00 bits per heavy atom. The van der Waals surface area contributed by atoms with Crippen LogP contribution in [0.1, 0.15) is 39.0 Å². The maximum Gasteiger partial charge on any atom is 0.165 e. The molecule has 0 saturated heterocycles. The van der Waals surface area contributed by atoms with Gasteiger partial charge < -0.3 is 9.88 Å². The molecule has 110 valence electrons. The zero-order valence-electron chi connectivity index (χ0n) is 12.0. The van der Waals surface area contributed by atoms with E-state index in [-0.39, 0.29) is 0 Å². The van der Waals surface area contributed by atoms with Gasteiger partial charge in [0.25, 0.3) is 0 Å². The number of rotatable bonds is 9. The summed E-state index contributed by atoms with van der Waals surface area (Å²) in [6.07, 6.45) is 9.50. The predicted octanol–water partition coefficient (Wildman–Crippen LogP) is 3.60. The van der Waals surface area contributed by atoms with Crippen molar-refractivity contribution in [2.24, 2.45) is 0 Å². The summed E-state index contributed by atoms with van der Waals surface area (Å²) in [5.41, 5.74) is 1.81. The van der Waals surface area contributed by atoms with Crippen LogP contribution < -0.4 is 5.32 Å². The molecule has 0 aliphatic heterocycles. The van der Waals surface area contributed by atoms with Crippen LogP contribution in [-0.2, 0) is 6.54 Å². The van der Waals surface area contributed by atoms with Gasteiger partial charge in [-0.15, -0.1) is 0 Å². The summed E-state index contributed by atoms with van der Waals surface area (Å²) in [7, 11) is 0. The normalized spacial score (nSPS) is 11.1. The van der Waals surface area contributed by atoms with Crippen LogP contribution in [0, 0.1) is 0 Å². The van der Waals surface area contributed by atoms with Gasteiger partial charge >= 0.3 is 0 Å². The van der Waals surface area contributed by atoms with Crippen LogP contribution in [-0.4, -0.2) is 31.4 Å². The molecule has 0 aliphatic rings. The molecule has 0 atom stereocenters. The van der Waals surface area contributed by atoms with Crippen molar-refractivity contribution in [1.82, 2.24) is 19.5 Å². The second kappa shape index (κ2) is 8.19. The number of hydrogen-bond donors (Lipinski definition) is 1. The van der Waals surface area contributed by atoms with E-state index in [0.29, 0.717) is 0 Å². The van der Waals surface area contributed by atoms with Crippen LogP contribution in [0.4, 0.5) is 5.82 Å². The van der Waals surface area contributed by atoms with Gasteiger partial charge in [0.1, 0.15) is 11.8 Å². The Kier molecular flexibility index (Phi) is 6.24. The third-order valence-electron chi connectivity index (χ3n) is 3.23. The van der Waals surface area contributed by atoms with Crippen molar-refractivity contribution in [2.75, 3.05) is 17.2 Å². The van der Waals surface area contributed by atoms with Crippen molar-refractivity contribution < 1.29 is 0 Å². The standard InChI is InChI=1S/C14H22BrN5/c1-2-8-16-13-12-14(18-10-17-13)20(11-19-12)9-6-4-3-5-7-15/h10-11H,2-9H2,1H3,(H,16,17,18). The van der Waals surface area contributed by atoms with E-state index in [1.165, 1.54) is 25.7 Å². The van der Waals surface area contributed by atoms with Gasteiger partial charge in [0.05, 0.1) is 6.33 Å². The number of fused-ring (bicyclic) bond motifs is 1. The van der Waals surface area contributed by atoms with E-state index in [2.05, 4.69) is 47.7 Å². The van der Waals surface area contributed by atoms with Crippen LogP contribution >= 0.6 is 15.9 Å². The van der Waals surface area contributed by atoms with Gasteiger partial charge in [0.2, 0.25) is 0 Å². The lowest BCUT2D eigenvalue weighted by atomic mass is 10.2. The fourth-order valence-electron chi connectivity index (χ4n) is 2.15. The molecule has 1 N–H and O–H groups in total. The molecule has 6 heteroatoms. The molecule has 0 saturated carbocycles. The number of aryl methyl sites for hydroxylation is 1. The van der Waals surface area contributed by atoms with Crippen molar-refractivity contribution in [2.45, 2.75) is 45.6 Å². The molecule has 0 unspecified atom stereocenters. The van der Waals surface area contributed by atoms with Gasteiger partial charge in [-0.2, -0.15) is 0 Å². The van der Waals surface area contributed by atoms with E-state index in [0.717, 1.165) is 41.8 Å². The molecule has 0 fully saturated rings. The molecule has 2 heterocycles. The maximum absolute atomic E-state index is 4.45. The third kappa shape index (κ3) is 3.91. The van der Waals surface area contributed by atoms with Gasteiger partial charge in [0.15, 0.2) is 11.5 Å². The van der Waals surface area contributed by atoms with Gasteiger partial charge in [-0.25, -0.2) is 15.0 Å². The molecule has 5 nitrogen and oxygen atoms in total. The molecule has 0 aromatic carbocycles. The minimum absolute atomic E-state index is 0.842. The Morgan fingerprint density at radius 1 is 1.15 bits per heavy atom. The predicted molar refractivity (Wildman–Crippen MR) is 86.4 cm³/mol. The number of imidazole rings is 1. The first-order valence-electron chi connectivity index (χ1n) is 7.32. The lowest BCUT2D eigenvalue weighted by molar-refractivity contribution is 0.591. The van der Waals surface area contributed by atoms with Crippen LogP contribution in [0.15, 0.2) is 12.7 Å². The fourth-order valence-corrected chi connectivity index (χ4v) is 2.54. The summed E-state index contributed by atoms with van der Waals surface area (Å²) in [4.78, 5) is 13.1. The van der Waals surface area contributed by atoms with Gasteiger partial charge in [-0.1, -0.05) is 35.7 Å². The lowest BCUT2D eigenvalue weighted by Gasteiger charge is -2.05. The fraction of sp³-hybridized carbons (Fsp3) is 0.643. The first-order chi connectivity index (χ1) is 9.86. The van der Waals surface area contributed by atoms with Crippen LogP contribution in [0.2, 0.25) is 0 Å². The van der Waals surface area contributed by atoms with Crippen molar-refractivity contribution in [3.63, 3.8) is 0 Å². The van der Waals surface area contributed by atoms with Gasteiger partial charge in [-0.05, 0) is 19.3 Å². The highest BCUT2D eigenvalue weighted by Gasteiger charge is 2.09. The van der Waals surface area contributed by atoms with Crippen molar-refractivity contribution in [1.29, 1.82) is 0 Å². The topological polar surface area (TPSA) is 55.6 Å². The highest BCUT2D eigenvalue weighted by Crippen LogP contribution is 2.18. The lowest BCUT2D eigenvalue weighted by Crippen LogP contribution is -2.04. The van der Waals surface area contributed by atoms with Gasteiger partial charge in [0, 0.05) is 18.4 Å². The molecular weight excluding hydrogens is 318 g/mol. The molecule has 0 radical (unpaired) electrons. The number of alkyl halides is 1. The zero-order valence-corrected chi connectivity index (χ0v) is 13.6. The number of halogens is 1. The number of unbranched alkanes of at least 4 members (excludes halogenated alkanes) is 3. The Labute approximate surface area is 128 Å². The van der Waals surface area contributed by atoms with Crippen molar-refractivity contribution >= 4 is 32.9 Å². The summed E-state index contributed by atoms with van der Waals surface area (Å²) < 4.78 is 2.13. The smallest absolute Gasteiger partial charge is 0.165 e. The number of aromatic nitrogens is 4. The van der Waals surface area contributed by atoms with E-state index in [9.17, 15) is 0 Å². The Hall–Kier alpha value is -1.17. The van der Waals surface area contributed by atoms with E-state index < -0.39 is 0 Å². The molecular formula is C14H22BrN5. The quantitative estimate of drug-likeness (QED) is 0.560. The highest BCUT2D eigenvalue weighted by atomic mass is 79.9. The molecule has 2 aromatic rings. The molecule has 0 amide bonds. The van der Waals surface area contributed by atoms with Crippen LogP contribution in [0.3, 0.4) is 0 Å². The molecule has 0 bridgehead atoms. The summed E-state index contributed by atoms with van der Waals surface area (Å²) in [5, 5.41) is 4.40.